The van der Waals surface area contributed by atoms with E-state index in [2.05, 4.69) is 5.32 Å². The molecule has 2 aromatic carbocycles. The van der Waals surface area contributed by atoms with Gasteiger partial charge in [-0.3, -0.25) is 14.5 Å². The van der Waals surface area contributed by atoms with Crippen molar-refractivity contribution in [2.75, 3.05) is 18.5 Å². The van der Waals surface area contributed by atoms with Crippen LogP contribution >= 0.6 is 0 Å². The zero-order valence-electron chi connectivity index (χ0n) is 14.9. The van der Waals surface area contributed by atoms with Crippen LogP contribution in [-0.4, -0.2) is 41.9 Å². The van der Waals surface area contributed by atoms with Crippen LogP contribution in [0.4, 0.5) is 10.5 Å². The van der Waals surface area contributed by atoms with E-state index in [1.807, 2.05) is 42.5 Å². The molecule has 0 spiro atoms. The number of urea groups is 1. The lowest BCUT2D eigenvalue weighted by atomic mass is 9.96. The maximum absolute atomic E-state index is 12.7. The van der Waals surface area contributed by atoms with E-state index in [0.29, 0.717) is 0 Å². The van der Waals surface area contributed by atoms with Crippen molar-refractivity contribution in [2.45, 2.75) is 25.3 Å². The first kappa shape index (κ1) is 16.6. The third kappa shape index (κ3) is 2.62. The minimum Gasteiger partial charge on any atom is -0.323 e. The van der Waals surface area contributed by atoms with Crippen LogP contribution < -0.4 is 10.2 Å². The fraction of sp³-hybridized carbons (Fsp3) is 0.350. The summed E-state index contributed by atoms with van der Waals surface area (Å²) in [4.78, 5) is 40.1. The second-order valence-electron chi connectivity index (χ2n) is 7.28. The van der Waals surface area contributed by atoms with Crippen LogP contribution in [0, 0.1) is 5.92 Å². The number of nitrogens with one attached hydrogen (secondary N) is 1. The van der Waals surface area contributed by atoms with Gasteiger partial charge in [-0.05, 0) is 48.6 Å². The van der Waals surface area contributed by atoms with Crippen molar-refractivity contribution in [1.29, 1.82) is 0 Å². The summed E-state index contributed by atoms with van der Waals surface area (Å²) in [5.41, 5.74) is -0.135. The number of amides is 4. The van der Waals surface area contributed by atoms with Gasteiger partial charge in [0.1, 0.15) is 12.1 Å². The second kappa shape index (κ2) is 5.83. The van der Waals surface area contributed by atoms with Crippen molar-refractivity contribution >= 4 is 34.3 Å². The predicted molar refractivity (Wildman–Crippen MR) is 98.7 cm³/mol. The van der Waals surface area contributed by atoms with E-state index in [-0.39, 0.29) is 24.3 Å². The monoisotopic (exact) mass is 351 g/mol. The molecule has 26 heavy (non-hydrogen) atoms. The summed E-state index contributed by atoms with van der Waals surface area (Å²) in [6, 6.07) is 13.2. The molecule has 1 saturated heterocycles. The van der Waals surface area contributed by atoms with Gasteiger partial charge in [0, 0.05) is 12.7 Å². The number of rotatable bonds is 4. The normalized spacial score (nSPS) is 22.6. The molecule has 6 nitrogen and oxygen atoms in total. The molecule has 4 rings (SSSR count). The first-order valence-electron chi connectivity index (χ1n) is 8.79. The van der Waals surface area contributed by atoms with Gasteiger partial charge in [-0.2, -0.15) is 0 Å². The van der Waals surface area contributed by atoms with E-state index in [4.69, 9.17) is 0 Å². The molecule has 134 valence electrons. The van der Waals surface area contributed by atoms with Crippen LogP contribution in [0.2, 0.25) is 0 Å². The second-order valence-corrected chi connectivity index (χ2v) is 7.28. The van der Waals surface area contributed by atoms with E-state index < -0.39 is 11.6 Å². The van der Waals surface area contributed by atoms with Crippen LogP contribution in [0.5, 0.6) is 0 Å². The molecule has 1 unspecified atom stereocenters. The number of carbonyl (C=O) groups excluding carboxylic acids is 3. The fourth-order valence-corrected chi connectivity index (χ4v) is 3.57. The van der Waals surface area contributed by atoms with Crippen molar-refractivity contribution in [3.63, 3.8) is 0 Å². The molecule has 1 aliphatic carbocycles. The molecule has 1 aliphatic heterocycles. The van der Waals surface area contributed by atoms with Gasteiger partial charge in [0.15, 0.2) is 0 Å². The number of likely N-dealkylation sites (N-methyl/N-ethyl adjacent to an activating group) is 1. The van der Waals surface area contributed by atoms with Gasteiger partial charge in [-0.1, -0.05) is 30.3 Å². The number of hydrogen-bond donors (Lipinski definition) is 1. The lowest BCUT2D eigenvalue weighted by molar-refractivity contribution is -0.134. The number of carbonyl (C=O) groups is 3. The van der Waals surface area contributed by atoms with E-state index in [1.54, 1.807) is 14.0 Å². The first-order chi connectivity index (χ1) is 12.4. The average Bonchev–Trinajstić information content (AvgIpc) is 3.46. The number of imide groups is 1. The summed E-state index contributed by atoms with van der Waals surface area (Å²) >= 11 is 0. The molecule has 1 atom stereocenters. The van der Waals surface area contributed by atoms with E-state index >= 15 is 0 Å². The van der Waals surface area contributed by atoms with Crippen molar-refractivity contribution in [2.24, 2.45) is 5.92 Å². The Morgan fingerprint density at radius 1 is 1.19 bits per heavy atom. The van der Waals surface area contributed by atoms with Gasteiger partial charge >= 0.3 is 6.03 Å². The smallest absolute Gasteiger partial charge is 0.323 e. The molecule has 1 heterocycles. The Labute approximate surface area is 151 Å². The Bertz CT molecular complexity index is 921. The lowest BCUT2D eigenvalue weighted by Gasteiger charge is -2.23. The Morgan fingerprint density at radius 3 is 2.58 bits per heavy atom. The highest BCUT2D eigenvalue weighted by Crippen LogP contribution is 2.42. The van der Waals surface area contributed by atoms with E-state index in [9.17, 15) is 14.4 Å². The van der Waals surface area contributed by atoms with Gasteiger partial charge in [0.05, 0.1) is 0 Å². The SMILES string of the molecule is CN(C(=O)CN1C(=O)NC(C)(C2CC2)C1=O)c1ccc2ccccc2c1. The van der Waals surface area contributed by atoms with E-state index in [0.717, 1.165) is 34.2 Å². The Balaban J connectivity index is 1.51. The maximum atomic E-state index is 12.7. The number of hydrogen-bond acceptors (Lipinski definition) is 3. The molecular weight excluding hydrogens is 330 g/mol. The highest BCUT2D eigenvalue weighted by molar-refractivity contribution is 6.10. The number of anilines is 1. The minimum absolute atomic E-state index is 0.178. The van der Waals surface area contributed by atoms with Gasteiger partial charge < -0.3 is 10.2 Å². The minimum atomic E-state index is -0.862. The third-order valence-electron chi connectivity index (χ3n) is 5.48. The van der Waals surface area contributed by atoms with Gasteiger partial charge in [0.25, 0.3) is 5.91 Å². The van der Waals surface area contributed by atoms with Crippen molar-refractivity contribution < 1.29 is 14.4 Å². The van der Waals surface area contributed by atoms with E-state index in [1.165, 1.54) is 4.90 Å². The Morgan fingerprint density at radius 2 is 1.88 bits per heavy atom. The first-order valence-corrected chi connectivity index (χ1v) is 8.79. The molecule has 0 aromatic heterocycles. The average molecular weight is 351 g/mol. The number of benzene rings is 2. The molecule has 1 N–H and O–H groups in total. The maximum Gasteiger partial charge on any atom is 0.325 e. The lowest BCUT2D eigenvalue weighted by Crippen LogP contribution is -2.47. The summed E-state index contributed by atoms with van der Waals surface area (Å²) in [5, 5.41) is 4.88. The number of nitrogens with zero attached hydrogens (tertiary/aromatic N) is 2. The summed E-state index contributed by atoms with van der Waals surface area (Å²) in [5.74, 6) is -0.425. The highest BCUT2D eigenvalue weighted by atomic mass is 16.2. The van der Waals surface area contributed by atoms with Crippen molar-refractivity contribution in [3.05, 3.63) is 42.5 Å². The van der Waals surface area contributed by atoms with Crippen LogP contribution in [0.15, 0.2) is 42.5 Å². The summed E-state index contributed by atoms with van der Waals surface area (Å²) < 4.78 is 0. The molecule has 2 fully saturated rings. The summed E-state index contributed by atoms with van der Waals surface area (Å²) in [6.45, 7) is 1.50. The standard InChI is InChI=1S/C20H21N3O3/c1-20(15-8-9-15)18(25)23(19(26)21-20)12-17(24)22(2)16-10-7-13-5-3-4-6-14(13)11-16/h3-7,10-11,15H,8-9,12H2,1-2H3,(H,21,26). The molecule has 2 aromatic rings. The van der Waals surface area contributed by atoms with Crippen molar-refractivity contribution in [1.82, 2.24) is 10.2 Å². The quantitative estimate of drug-likeness (QED) is 0.861. The molecule has 0 radical (unpaired) electrons. The largest absolute Gasteiger partial charge is 0.325 e. The number of fused-ring (bicyclic) bond motifs is 1. The van der Waals surface area contributed by atoms with Crippen LogP contribution in [0.1, 0.15) is 19.8 Å². The summed E-state index contributed by atoms with van der Waals surface area (Å²) in [7, 11) is 1.66. The molecular formula is C20H21N3O3. The molecule has 4 amide bonds. The predicted octanol–water partition coefficient (Wildman–Crippen LogP) is 2.52. The van der Waals surface area contributed by atoms with Crippen LogP contribution in [0.25, 0.3) is 10.8 Å². The fourth-order valence-electron chi connectivity index (χ4n) is 3.57. The molecule has 1 saturated carbocycles. The van der Waals surface area contributed by atoms with Crippen molar-refractivity contribution in [3.8, 4) is 0 Å². The highest BCUT2D eigenvalue weighted by Gasteiger charge is 2.56. The Kier molecular flexibility index (Phi) is 3.72. The molecule has 0 bridgehead atoms. The topological polar surface area (TPSA) is 69.7 Å². The third-order valence-corrected chi connectivity index (χ3v) is 5.48. The Hall–Kier alpha value is -2.89. The van der Waals surface area contributed by atoms with Crippen LogP contribution in [0.3, 0.4) is 0 Å². The van der Waals surface area contributed by atoms with Gasteiger partial charge in [0.2, 0.25) is 5.91 Å². The molecule has 6 heteroatoms. The van der Waals surface area contributed by atoms with Gasteiger partial charge in [-0.15, -0.1) is 0 Å². The molecule has 2 aliphatic rings. The van der Waals surface area contributed by atoms with Crippen LogP contribution in [-0.2, 0) is 9.59 Å². The zero-order valence-corrected chi connectivity index (χ0v) is 14.9. The summed E-state index contributed by atoms with van der Waals surface area (Å²) in [6.07, 6.45) is 1.86. The zero-order chi connectivity index (χ0) is 18.5. The van der Waals surface area contributed by atoms with Gasteiger partial charge in [-0.25, -0.2) is 4.79 Å².